The topological polar surface area (TPSA) is 101 Å². The molecule has 8 heteroatoms. The molecule has 0 aliphatic heterocycles. The molecule has 0 heterocycles. The summed E-state index contributed by atoms with van der Waals surface area (Å²) in [6.07, 6.45) is 0. The highest BCUT2D eigenvalue weighted by molar-refractivity contribution is 6.00. The summed E-state index contributed by atoms with van der Waals surface area (Å²) in [7, 11) is 0. The number of nitrogens with zero attached hydrogens (tertiary/aromatic N) is 1. The van der Waals surface area contributed by atoms with Crippen molar-refractivity contribution in [3.8, 4) is 0 Å². The number of amides is 2. The maximum atomic E-state index is 13.1. The van der Waals surface area contributed by atoms with E-state index in [2.05, 4.69) is 10.6 Å². The Bertz CT molecular complexity index is 548. The van der Waals surface area contributed by atoms with Crippen LogP contribution in [0.25, 0.3) is 0 Å². The van der Waals surface area contributed by atoms with Gasteiger partial charge in [-0.15, -0.1) is 0 Å². The van der Waals surface area contributed by atoms with Gasteiger partial charge >= 0.3 is 0 Å². The monoisotopic (exact) mass is 283 g/mol. The molecule has 108 valence electrons. The largest absolute Gasteiger partial charge is 0.355 e. The molecule has 0 fully saturated rings. The lowest BCUT2D eigenvalue weighted by Crippen LogP contribution is -2.44. The number of nitro groups is 1. The molecule has 0 saturated carbocycles. The highest BCUT2D eigenvalue weighted by Crippen LogP contribution is 2.19. The van der Waals surface area contributed by atoms with Gasteiger partial charge in [-0.1, -0.05) is 0 Å². The van der Waals surface area contributed by atoms with Crippen LogP contribution in [-0.4, -0.2) is 29.3 Å². The Morgan fingerprint density at radius 1 is 1.45 bits per heavy atom. The zero-order valence-corrected chi connectivity index (χ0v) is 11.0. The molecule has 0 aliphatic carbocycles. The number of halogens is 1. The minimum atomic E-state index is -0.884. The van der Waals surface area contributed by atoms with Crippen molar-refractivity contribution in [2.45, 2.75) is 19.9 Å². The number of nitrogens with one attached hydrogen (secondary N) is 2. The van der Waals surface area contributed by atoms with Crippen LogP contribution in [0.1, 0.15) is 24.2 Å². The summed E-state index contributed by atoms with van der Waals surface area (Å²) in [4.78, 5) is 33.3. The first-order valence-corrected chi connectivity index (χ1v) is 5.89. The summed E-state index contributed by atoms with van der Waals surface area (Å²) in [5, 5.41) is 15.6. The predicted molar refractivity (Wildman–Crippen MR) is 68.7 cm³/mol. The van der Waals surface area contributed by atoms with Crippen LogP contribution < -0.4 is 10.6 Å². The maximum Gasteiger partial charge on any atom is 0.282 e. The minimum Gasteiger partial charge on any atom is -0.355 e. The van der Waals surface area contributed by atoms with E-state index < -0.39 is 39.8 Å². The van der Waals surface area contributed by atoms with Crippen LogP contribution in [-0.2, 0) is 4.79 Å². The van der Waals surface area contributed by atoms with E-state index in [9.17, 15) is 24.1 Å². The van der Waals surface area contributed by atoms with Gasteiger partial charge < -0.3 is 10.6 Å². The van der Waals surface area contributed by atoms with Gasteiger partial charge in [0.2, 0.25) is 5.91 Å². The van der Waals surface area contributed by atoms with Crippen molar-refractivity contribution >= 4 is 17.5 Å². The van der Waals surface area contributed by atoms with E-state index in [-0.39, 0.29) is 0 Å². The fourth-order valence-corrected chi connectivity index (χ4v) is 1.52. The van der Waals surface area contributed by atoms with Gasteiger partial charge in [0.1, 0.15) is 17.4 Å². The first kappa shape index (κ1) is 15.5. The van der Waals surface area contributed by atoms with Crippen molar-refractivity contribution in [3.05, 3.63) is 39.7 Å². The van der Waals surface area contributed by atoms with Crippen LogP contribution in [0.4, 0.5) is 10.1 Å². The van der Waals surface area contributed by atoms with E-state index in [0.717, 1.165) is 18.2 Å². The fraction of sp³-hybridized carbons (Fsp3) is 0.333. The molecule has 20 heavy (non-hydrogen) atoms. The summed E-state index contributed by atoms with van der Waals surface area (Å²) in [6.45, 7) is 3.52. The number of carbonyl (C=O) groups is 2. The Morgan fingerprint density at radius 3 is 2.65 bits per heavy atom. The number of benzene rings is 1. The van der Waals surface area contributed by atoms with Crippen molar-refractivity contribution in [2.75, 3.05) is 6.54 Å². The molecule has 1 atom stereocenters. The molecule has 2 amide bonds. The third kappa shape index (κ3) is 3.74. The standard InChI is InChI=1S/C12H14FN3O4/c1-3-14-11(17)7(2)15-12(18)9-6-8(13)4-5-10(9)16(19)20/h4-7H,3H2,1-2H3,(H,14,17)(H,15,18). The predicted octanol–water partition coefficient (Wildman–Crippen LogP) is 0.988. The van der Waals surface area contributed by atoms with Gasteiger partial charge in [0.05, 0.1) is 4.92 Å². The van der Waals surface area contributed by atoms with Crippen molar-refractivity contribution in [3.63, 3.8) is 0 Å². The molecule has 1 rings (SSSR count). The highest BCUT2D eigenvalue weighted by atomic mass is 19.1. The zero-order chi connectivity index (χ0) is 15.3. The van der Waals surface area contributed by atoms with E-state index in [4.69, 9.17) is 0 Å². The summed E-state index contributed by atoms with van der Waals surface area (Å²) >= 11 is 0. The normalized spacial score (nSPS) is 11.6. The molecule has 1 aromatic rings. The minimum absolute atomic E-state index is 0.388. The van der Waals surface area contributed by atoms with Gasteiger partial charge in [-0.05, 0) is 26.0 Å². The number of hydrogen-bond donors (Lipinski definition) is 2. The molecular formula is C12H14FN3O4. The Balaban J connectivity index is 2.95. The summed E-state index contributed by atoms with van der Waals surface area (Å²) in [5.41, 5.74) is -0.946. The number of carbonyl (C=O) groups excluding carboxylic acids is 2. The smallest absolute Gasteiger partial charge is 0.282 e. The van der Waals surface area contributed by atoms with Crippen LogP contribution in [0.3, 0.4) is 0 Å². The maximum absolute atomic E-state index is 13.1. The van der Waals surface area contributed by atoms with Gasteiger partial charge in [-0.3, -0.25) is 19.7 Å². The highest BCUT2D eigenvalue weighted by Gasteiger charge is 2.23. The molecule has 0 aromatic heterocycles. The molecule has 0 bridgehead atoms. The van der Waals surface area contributed by atoms with E-state index in [1.54, 1.807) is 6.92 Å². The van der Waals surface area contributed by atoms with Crippen LogP contribution in [0.5, 0.6) is 0 Å². The Kier molecular flexibility index (Phi) is 5.13. The SMILES string of the molecule is CCNC(=O)C(C)NC(=O)c1cc(F)ccc1[N+](=O)[O-]. The number of likely N-dealkylation sites (N-methyl/N-ethyl adjacent to an activating group) is 1. The molecule has 7 nitrogen and oxygen atoms in total. The zero-order valence-electron chi connectivity index (χ0n) is 11.0. The third-order valence-electron chi connectivity index (χ3n) is 2.49. The van der Waals surface area contributed by atoms with E-state index >= 15 is 0 Å². The van der Waals surface area contributed by atoms with Gasteiger partial charge in [-0.2, -0.15) is 0 Å². The third-order valence-corrected chi connectivity index (χ3v) is 2.49. The molecule has 0 spiro atoms. The molecule has 1 unspecified atom stereocenters. The van der Waals surface area contributed by atoms with Crippen LogP contribution in [0, 0.1) is 15.9 Å². The Hall–Kier alpha value is -2.51. The average molecular weight is 283 g/mol. The number of hydrogen-bond acceptors (Lipinski definition) is 4. The van der Waals surface area contributed by atoms with Gasteiger partial charge in [0.15, 0.2) is 0 Å². The second kappa shape index (κ2) is 6.60. The molecule has 0 saturated heterocycles. The second-order valence-corrected chi connectivity index (χ2v) is 4.01. The van der Waals surface area contributed by atoms with Crippen molar-refractivity contribution in [2.24, 2.45) is 0 Å². The van der Waals surface area contributed by atoms with Gasteiger partial charge in [0, 0.05) is 12.6 Å². The Labute approximate surface area is 114 Å². The average Bonchev–Trinajstić information content (AvgIpc) is 2.38. The number of nitro benzene ring substituents is 1. The molecule has 0 aliphatic rings. The quantitative estimate of drug-likeness (QED) is 0.621. The first-order chi connectivity index (χ1) is 9.36. The fourth-order valence-electron chi connectivity index (χ4n) is 1.52. The lowest BCUT2D eigenvalue weighted by atomic mass is 10.1. The van der Waals surface area contributed by atoms with Crippen LogP contribution >= 0.6 is 0 Å². The van der Waals surface area contributed by atoms with Crippen LogP contribution in [0.15, 0.2) is 18.2 Å². The van der Waals surface area contributed by atoms with Crippen molar-refractivity contribution in [1.29, 1.82) is 0 Å². The molecule has 2 N–H and O–H groups in total. The second-order valence-electron chi connectivity index (χ2n) is 4.01. The molecular weight excluding hydrogens is 269 g/mol. The summed E-state index contributed by atoms with van der Waals surface area (Å²) < 4.78 is 13.1. The van der Waals surface area contributed by atoms with Crippen molar-refractivity contribution in [1.82, 2.24) is 10.6 Å². The lowest BCUT2D eigenvalue weighted by Gasteiger charge is -2.13. The van der Waals surface area contributed by atoms with Crippen LogP contribution in [0.2, 0.25) is 0 Å². The van der Waals surface area contributed by atoms with E-state index in [1.165, 1.54) is 6.92 Å². The first-order valence-electron chi connectivity index (χ1n) is 5.89. The number of rotatable bonds is 5. The van der Waals surface area contributed by atoms with Gasteiger partial charge in [0.25, 0.3) is 11.6 Å². The van der Waals surface area contributed by atoms with Crippen molar-refractivity contribution < 1.29 is 18.9 Å². The molecule has 1 aromatic carbocycles. The molecule has 0 radical (unpaired) electrons. The van der Waals surface area contributed by atoms with E-state index in [1.807, 2.05) is 0 Å². The summed E-state index contributed by atoms with van der Waals surface area (Å²) in [5.74, 6) is -2.08. The van der Waals surface area contributed by atoms with E-state index in [0.29, 0.717) is 6.54 Å². The Morgan fingerprint density at radius 2 is 2.10 bits per heavy atom. The summed E-state index contributed by atoms with van der Waals surface area (Å²) in [6, 6.07) is 1.67. The lowest BCUT2D eigenvalue weighted by molar-refractivity contribution is -0.385. The van der Waals surface area contributed by atoms with Gasteiger partial charge in [-0.25, -0.2) is 4.39 Å².